The Hall–Kier alpha value is -7.62. The van der Waals surface area contributed by atoms with Gasteiger partial charge in [-0.25, -0.2) is 0 Å². The Morgan fingerprint density at radius 3 is 1.21 bits per heavy atom. The van der Waals surface area contributed by atoms with Crippen molar-refractivity contribution in [2.45, 2.75) is 0 Å². The number of hydrogen-bond acceptors (Lipinski definition) is 3. The topological polar surface area (TPSA) is 29.5 Å². The molecule has 2 aromatic heterocycles. The minimum absolute atomic E-state index is 0.825. The predicted molar refractivity (Wildman–Crippen MR) is 237 cm³/mol. The molecule has 57 heavy (non-hydrogen) atoms. The van der Waals surface area contributed by atoms with E-state index in [1.54, 1.807) is 0 Å². The van der Waals surface area contributed by atoms with E-state index in [-0.39, 0.29) is 0 Å². The van der Waals surface area contributed by atoms with Crippen molar-refractivity contribution in [3.8, 4) is 44.5 Å². The molecular formula is C54H35NO2. The molecule has 0 atom stereocenters. The van der Waals surface area contributed by atoms with Crippen LogP contribution < -0.4 is 4.90 Å². The fourth-order valence-corrected chi connectivity index (χ4v) is 8.22. The Bertz CT molecular complexity index is 3180. The van der Waals surface area contributed by atoms with Gasteiger partial charge in [0.2, 0.25) is 0 Å². The number of furan rings is 2. The first kappa shape index (κ1) is 32.8. The Kier molecular flexibility index (Phi) is 7.82. The number of hydrogen-bond donors (Lipinski definition) is 0. The van der Waals surface area contributed by atoms with Gasteiger partial charge in [0.05, 0.1) is 11.1 Å². The second kappa shape index (κ2) is 13.6. The minimum atomic E-state index is 0.825. The van der Waals surface area contributed by atoms with Gasteiger partial charge in [0.1, 0.15) is 22.3 Å². The normalized spacial score (nSPS) is 11.5. The zero-order chi connectivity index (χ0) is 37.7. The molecule has 0 aliphatic carbocycles. The second-order valence-corrected chi connectivity index (χ2v) is 14.5. The highest BCUT2D eigenvalue weighted by Crippen LogP contribution is 2.45. The van der Waals surface area contributed by atoms with Gasteiger partial charge in [0.15, 0.2) is 0 Å². The van der Waals surface area contributed by atoms with Crippen LogP contribution >= 0.6 is 0 Å². The maximum atomic E-state index is 6.68. The quantitative estimate of drug-likeness (QED) is 0.164. The largest absolute Gasteiger partial charge is 0.456 e. The van der Waals surface area contributed by atoms with Gasteiger partial charge in [0.25, 0.3) is 0 Å². The highest BCUT2D eigenvalue weighted by molar-refractivity contribution is 6.19. The van der Waals surface area contributed by atoms with E-state index in [9.17, 15) is 0 Å². The van der Waals surface area contributed by atoms with Crippen molar-refractivity contribution in [1.29, 1.82) is 0 Å². The smallest absolute Gasteiger partial charge is 0.137 e. The summed E-state index contributed by atoms with van der Waals surface area (Å²) in [6.07, 6.45) is 0. The Balaban J connectivity index is 1.04. The molecule has 2 heterocycles. The zero-order valence-electron chi connectivity index (χ0n) is 31.0. The van der Waals surface area contributed by atoms with Crippen molar-refractivity contribution < 1.29 is 8.83 Å². The molecule has 0 unspecified atom stereocenters. The van der Waals surface area contributed by atoms with E-state index in [1.165, 1.54) is 33.4 Å². The van der Waals surface area contributed by atoms with E-state index in [4.69, 9.17) is 8.83 Å². The molecule has 0 aliphatic rings. The number of fused-ring (bicyclic) bond motifs is 6. The Labute approximate surface area is 330 Å². The summed E-state index contributed by atoms with van der Waals surface area (Å²) < 4.78 is 13.2. The van der Waals surface area contributed by atoms with Crippen LogP contribution in [0.15, 0.2) is 221 Å². The van der Waals surface area contributed by atoms with E-state index in [2.05, 4.69) is 211 Å². The summed E-state index contributed by atoms with van der Waals surface area (Å²) in [5.74, 6) is 0. The first-order valence-electron chi connectivity index (χ1n) is 19.3. The third-order valence-corrected chi connectivity index (χ3v) is 11.1. The van der Waals surface area contributed by atoms with E-state index in [1.807, 2.05) is 6.07 Å². The van der Waals surface area contributed by atoms with Crippen LogP contribution in [0.4, 0.5) is 17.1 Å². The molecule has 268 valence electrons. The third-order valence-electron chi connectivity index (χ3n) is 11.1. The molecule has 3 nitrogen and oxygen atoms in total. The summed E-state index contributed by atoms with van der Waals surface area (Å²) in [7, 11) is 0. The fourth-order valence-electron chi connectivity index (χ4n) is 8.22. The van der Waals surface area contributed by atoms with Crippen LogP contribution in [0.2, 0.25) is 0 Å². The average Bonchev–Trinajstić information content (AvgIpc) is 3.84. The van der Waals surface area contributed by atoms with Crippen LogP contribution in [0, 0.1) is 0 Å². The van der Waals surface area contributed by atoms with Gasteiger partial charge in [-0.05, 0) is 105 Å². The standard InChI is InChI=1S/C54H35NO2/c1-4-11-36(12-5-1)39-19-21-40(22-20-39)42-25-30-45(31-26-42)55(44-28-23-41(24-29-44)37-13-6-2-7-14-37)49-17-10-18-51-54(49)48-35-52-47(34-53(48)57-51)46-33-43(27-32-50(46)56-52)38-15-8-3-9-16-38/h1-35H. The van der Waals surface area contributed by atoms with E-state index in [0.717, 1.165) is 72.1 Å². The van der Waals surface area contributed by atoms with E-state index >= 15 is 0 Å². The number of anilines is 3. The Morgan fingerprint density at radius 2 is 0.667 bits per heavy atom. The van der Waals surface area contributed by atoms with E-state index in [0.29, 0.717) is 0 Å². The van der Waals surface area contributed by atoms with Gasteiger partial charge in [-0.2, -0.15) is 0 Å². The van der Waals surface area contributed by atoms with Gasteiger partial charge >= 0.3 is 0 Å². The summed E-state index contributed by atoms with van der Waals surface area (Å²) in [5, 5.41) is 4.16. The van der Waals surface area contributed by atoms with Gasteiger partial charge in [0, 0.05) is 27.5 Å². The second-order valence-electron chi connectivity index (χ2n) is 14.5. The van der Waals surface area contributed by atoms with Crippen molar-refractivity contribution >= 4 is 60.9 Å². The van der Waals surface area contributed by atoms with Crippen molar-refractivity contribution in [1.82, 2.24) is 0 Å². The molecule has 0 aliphatic heterocycles. The lowest BCUT2D eigenvalue weighted by atomic mass is 10.00. The number of benzene rings is 9. The molecule has 0 amide bonds. The summed E-state index contributed by atoms with van der Waals surface area (Å²) in [4.78, 5) is 2.34. The molecule has 11 rings (SSSR count). The van der Waals surface area contributed by atoms with Crippen LogP contribution in [0.5, 0.6) is 0 Å². The molecule has 0 N–H and O–H groups in total. The predicted octanol–water partition coefficient (Wildman–Crippen LogP) is 15.6. The number of nitrogens with zero attached hydrogens (tertiary/aromatic N) is 1. The van der Waals surface area contributed by atoms with Crippen molar-refractivity contribution in [3.63, 3.8) is 0 Å². The highest BCUT2D eigenvalue weighted by Gasteiger charge is 2.21. The molecule has 0 spiro atoms. The highest BCUT2D eigenvalue weighted by atomic mass is 16.3. The number of rotatable bonds is 7. The summed E-state index contributed by atoms with van der Waals surface area (Å²) >= 11 is 0. The van der Waals surface area contributed by atoms with Crippen molar-refractivity contribution in [3.05, 3.63) is 212 Å². The Morgan fingerprint density at radius 1 is 0.263 bits per heavy atom. The van der Waals surface area contributed by atoms with Gasteiger partial charge in [-0.1, -0.05) is 152 Å². The molecule has 0 saturated carbocycles. The van der Waals surface area contributed by atoms with Crippen LogP contribution in [0.3, 0.4) is 0 Å². The first-order valence-corrected chi connectivity index (χ1v) is 19.3. The molecule has 0 radical (unpaired) electrons. The lowest BCUT2D eigenvalue weighted by Gasteiger charge is -2.26. The maximum absolute atomic E-state index is 6.68. The van der Waals surface area contributed by atoms with Crippen molar-refractivity contribution in [2.24, 2.45) is 0 Å². The van der Waals surface area contributed by atoms with E-state index < -0.39 is 0 Å². The van der Waals surface area contributed by atoms with Crippen LogP contribution in [-0.2, 0) is 0 Å². The SMILES string of the molecule is c1ccc(-c2ccc(-c3ccc(N(c4ccc(-c5ccccc5)cc4)c4cccc5oc6cc7c(cc6c45)oc4ccc(-c5ccccc5)cc47)cc3)cc2)cc1. The van der Waals surface area contributed by atoms with Gasteiger partial charge in [-0.15, -0.1) is 0 Å². The molecule has 0 bridgehead atoms. The molecular weight excluding hydrogens is 695 g/mol. The molecule has 11 aromatic rings. The third kappa shape index (κ3) is 5.85. The molecule has 3 heteroatoms. The lowest BCUT2D eigenvalue weighted by molar-refractivity contribution is 0.664. The fraction of sp³-hybridized carbons (Fsp3) is 0. The van der Waals surface area contributed by atoms with Crippen LogP contribution in [-0.4, -0.2) is 0 Å². The zero-order valence-corrected chi connectivity index (χ0v) is 31.0. The minimum Gasteiger partial charge on any atom is -0.456 e. The summed E-state index contributed by atoms with van der Waals surface area (Å²) in [6.45, 7) is 0. The lowest BCUT2D eigenvalue weighted by Crippen LogP contribution is -2.10. The summed E-state index contributed by atoms with van der Waals surface area (Å²) in [6, 6.07) is 75.0. The monoisotopic (exact) mass is 729 g/mol. The van der Waals surface area contributed by atoms with Crippen molar-refractivity contribution in [2.75, 3.05) is 4.90 Å². The van der Waals surface area contributed by atoms with Crippen LogP contribution in [0.1, 0.15) is 0 Å². The molecule has 0 saturated heterocycles. The van der Waals surface area contributed by atoms with Crippen LogP contribution in [0.25, 0.3) is 88.4 Å². The average molecular weight is 730 g/mol. The van der Waals surface area contributed by atoms with Gasteiger partial charge < -0.3 is 13.7 Å². The summed E-state index contributed by atoms with van der Waals surface area (Å²) in [5.41, 5.74) is 15.9. The molecule has 0 fully saturated rings. The maximum Gasteiger partial charge on any atom is 0.137 e. The first-order chi connectivity index (χ1) is 28.2. The van der Waals surface area contributed by atoms with Gasteiger partial charge in [-0.3, -0.25) is 0 Å². The molecule has 9 aromatic carbocycles.